The molecule has 0 bridgehead atoms. The highest BCUT2D eigenvalue weighted by Crippen LogP contribution is 2.22. The number of carbonyl (C=O) groups excluding carboxylic acids is 1. The number of halogens is 4. The summed E-state index contributed by atoms with van der Waals surface area (Å²) < 4.78 is 39.6. The molecule has 10 heteroatoms. The van der Waals surface area contributed by atoms with Crippen molar-refractivity contribution in [3.63, 3.8) is 0 Å². The monoisotopic (exact) mass is 477 g/mol. The van der Waals surface area contributed by atoms with Crippen molar-refractivity contribution < 1.29 is 18.0 Å². The lowest BCUT2D eigenvalue weighted by Crippen LogP contribution is -2.51. The number of piperazine rings is 1. The smallest absolute Gasteiger partial charge is 0.368 e. The normalized spacial score (nSPS) is 17.4. The number of hydrazone groups is 1. The van der Waals surface area contributed by atoms with Crippen LogP contribution >= 0.6 is 11.6 Å². The van der Waals surface area contributed by atoms with Gasteiger partial charge in [0.2, 0.25) is 5.91 Å². The zero-order valence-electron chi connectivity index (χ0n) is 19.3. The number of nitrogens with two attached hydrogens (primary N) is 1. The largest absolute Gasteiger partial charge is 0.431 e. The van der Waals surface area contributed by atoms with Crippen LogP contribution in [-0.2, 0) is 4.79 Å². The van der Waals surface area contributed by atoms with Gasteiger partial charge in [-0.25, -0.2) is 0 Å². The van der Waals surface area contributed by atoms with E-state index < -0.39 is 11.9 Å². The maximum atomic E-state index is 13.2. The minimum atomic E-state index is -4.49. The van der Waals surface area contributed by atoms with E-state index in [1.807, 2.05) is 18.2 Å². The lowest BCUT2D eigenvalue weighted by molar-refractivity contribution is -0.134. The minimum Gasteiger partial charge on any atom is -0.368 e. The van der Waals surface area contributed by atoms with E-state index in [0.29, 0.717) is 37.6 Å². The molecule has 2 aliphatic rings. The molecular formula is C22H35ClF3N5O. The first kappa shape index (κ1) is 28.0. The first-order valence-corrected chi connectivity index (χ1v) is 11.2. The second kappa shape index (κ2) is 13.5. The second-order valence-electron chi connectivity index (χ2n) is 7.64. The van der Waals surface area contributed by atoms with Gasteiger partial charge in [-0.3, -0.25) is 9.80 Å². The Hall–Kier alpha value is -2.00. The molecule has 32 heavy (non-hydrogen) atoms. The molecule has 182 valence electrons. The van der Waals surface area contributed by atoms with E-state index in [1.165, 1.54) is 12.1 Å². The average molecular weight is 478 g/mol. The van der Waals surface area contributed by atoms with Crippen molar-refractivity contribution in [2.24, 2.45) is 10.8 Å². The van der Waals surface area contributed by atoms with Crippen molar-refractivity contribution in [2.45, 2.75) is 52.3 Å². The summed E-state index contributed by atoms with van der Waals surface area (Å²) in [6.07, 6.45) is 4.27. The summed E-state index contributed by atoms with van der Waals surface area (Å²) in [6.45, 7) is 7.33. The molecule has 0 aromatic rings. The van der Waals surface area contributed by atoms with Crippen LogP contribution in [0.1, 0.15) is 40.0 Å². The summed E-state index contributed by atoms with van der Waals surface area (Å²) >= 11 is 6.03. The topological polar surface area (TPSA) is 65.2 Å². The number of allylic oxidation sites excluding steroid dienone is 5. The Kier molecular flexibility index (Phi) is 11.8. The molecule has 0 spiro atoms. The number of nitrogens with zero attached hydrogens (tertiary/aromatic N) is 4. The molecule has 1 heterocycles. The molecule has 1 saturated heterocycles. The van der Waals surface area contributed by atoms with Gasteiger partial charge in [0.1, 0.15) is 12.3 Å². The van der Waals surface area contributed by atoms with Crippen molar-refractivity contribution >= 4 is 23.2 Å². The van der Waals surface area contributed by atoms with E-state index in [4.69, 9.17) is 11.6 Å². The van der Waals surface area contributed by atoms with Crippen molar-refractivity contribution in [2.75, 3.05) is 39.8 Å². The van der Waals surface area contributed by atoms with E-state index in [0.717, 1.165) is 12.1 Å². The van der Waals surface area contributed by atoms with E-state index in [2.05, 4.69) is 21.8 Å². The molecule has 2 N–H and O–H groups in total. The van der Waals surface area contributed by atoms with Crippen LogP contribution in [0.3, 0.4) is 0 Å². The van der Waals surface area contributed by atoms with Crippen LogP contribution in [-0.4, -0.2) is 78.4 Å². The molecule has 0 aromatic carbocycles. The maximum absolute atomic E-state index is 13.2. The third-order valence-electron chi connectivity index (χ3n) is 5.01. The lowest BCUT2D eigenvalue weighted by atomic mass is 10.2. The molecule has 0 radical (unpaired) electrons. The highest BCUT2D eigenvalue weighted by molar-refractivity contribution is 6.31. The third-order valence-corrected chi connectivity index (χ3v) is 5.29. The van der Waals surface area contributed by atoms with Gasteiger partial charge in [-0.15, -0.1) is 0 Å². The maximum Gasteiger partial charge on any atom is 0.431 e. The predicted molar refractivity (Wildman–Crippen MR) is 124 cm³/mol. The molecule has 1 aliphatic heterocycles. The third kappa shape index (κ3) is 8.86. The molecule has 0 atom stereocenters. The summed E-state index contributed by atoms with van der Waals surface area (Å²) in [5.74, 6) is -0.208. The molecular weight excluding hydrogens is 443 g/mol. The number of amides is 1. The van der Waals surface area contributed by atoms with Crippen LogP contribution in [0.5, 0.6) is 0 Å². The zero-order valence-corrected chi connectivity index (χ0v) is 20.1. The van der Waals surface area contributed by atoms with E-state index in [9.17, 15) is 18.0 Å². The van der Waals surface area contributed by atoms with Crippen LogP contribution in [0.2, 0.25) is 0 Å². The Labute approximate surface area is 194 Å². The number of alkyl halides is 3. The summed E-state index contributed by atoms with van der Waals surface area (Å²) in [6, 6.07) is -0.317. The van der Waals surface area contributed by atoms with Gasteiger partial charge in [-0.1, -0.05) is 37.1 Å². The van der Waals surface area contributed by atoms with Crippen LogP contribution in [0.25, 0.3) is 0 Å². The Morgan fingerprint density at radius 3 is 2.34 bits per heavy atom. The van der Waals surface area contributed by atoms with Gasteiger partial charge in [0.25, 0.3) is 0 Å². The summed E-state index contributed by atoms with van der Waals surface area (Å²) in [5.41, 5.74) is 4.73. The number of hydrogen-bond donors (Lipinski definition) is 1. The fraction of sp³-hybridized carbons (Fsp3) is 0.636. The van der Waals surface area contributed by atoms with Crippen LogP contribution in [0, 0.1) is 0 Å². The Bertz CT molecular complexity index is 724. The second-order valence-corrected chi connectivity index (χ2v) is 8.08. The van der Waals surface area contributed by atoms with Crippen LogP contribution < -0.4 is 5.73 Å². The van der Waals surface area contributed by atoms with E-state index >= 15 is 0 Å². The van der Waals surface area contributed by atoms with Gasteiger partial charge in [-0.05, 0) is 45.9 Å². The zero-order chi connectivity index (χ0) is 24.3. The van der Waals surface area contributed by atoms with Crippen molar-refractivity contribution in [3.8, 4) is 0 Å². The fourth-order valence-corrected chi connectivity index (χ4v) is 3.41. The average Bonchev–Trinajstić information content (AvgIpc) is 2.98. The van der Waals surface area contributed by atoms with Gasteiger partial charge < -0.3 is 15.5 Å². The molecule has 1 aliphatic carbocycles. The summed E-state index contributed by atoms with van der Waals surface area (Å²) in [4.78, 5) is 16.6. The lowest BCUT2D eigenvalue weighted by Gasteiger charge is -2.37. The standard InChI is InChI=1S/C21H30ClF3N4O.CH5N/c1-4-6-19(21(23,24)25)26-29(16(2)3)15-20(30)28-13-11-27(12-14-28)18-8-5-7-17(22)9-10-18;1-2/h7-10,16H,4-6,11-15H2,1-3H3;2H2,1H3/b26-19+;. The van der Waals surface area contributed by atoms with Gasteiger partial charge in [0, 0.05) is 43.0 Å². The Balaban J connectivity index is 0.00000249. The van der Waals surface area contributed by atoms with Gasteiger partial charge in [0.15, 0.2) is 0 Å². The molecule has 0 unspecified atom stereocenters. The summed E-state index contributed by atoms with van der Waals surface area (Å²) in [5, 5.41) is 5.75. The quantitative estimate of drug-likeness (QED) is 0.443. The summed E-state index contributed by atoms with van der Waals surface area (Å²) in [7, 11) is 1.50. The molecule has 1 amide bonds. The first-order chi connectivity index (χ1) is 15.1. The number of carbonyl (C=O) groups is 1. The molecule has 0 aromatic heterocycles. The van der Waals surface area contributed by atoms with E-state index in [-0.39, 0.29) is 24.9 Å². The van der Waals surface area contributed by atoms with Crippen LogP contribution in [0.15, 0.2) is 40.1 Å². The highest BCUT2D eigenvalue weighted by atomic mass is 35.5. The molecule has 1 fully saturated rings. The Morgan fingerprint density at radius 2 is 1.81 bits per heavy atom. The van der Waals surface area contributed by atoms with Gasteiger partial charge in [0.05, 0.1) is 0 Å². The van der Waals surface area contributed by atoms with E-state index in [1.54, 1.807) is 25.7 Å². The highest BCUT2D eigenvalue weighted by Gasteiger charge is 2.36. The number of rotatable bonds is 7. The Morgan fingerprint density at radius 1 is 1.19 bits per heavy atom. The number of hydrogen-bond acceptors (Lipinski definition) is 5. The molecule has 6 nitrogen and oxygen atoms in total. The SMILES string of the molecule is CCC/C(=N\N(CC(=O)N1CCN(C2=CCC=C(Cl)C=C2)CC1)C(C)C)C(F)(F)F.CN. The minimum absolute atomic E-state index is 0.164. The first-order valence-electron chi connectivity index (χ1n) is 10.9. The van der Waals surface area contributed by atoms with Crippen molar-refractivity contribution in [1.29, 1.82) is 0 Å². The molecule has 2 rings (SSSR count). The predicted octanol–water partition coefficient (Wildman–Crippen LogP) is 4.10. The van der Waals surface area contributed by atoms with Crippen molar-refractivity contribution in [1.82, 2.24) is 14.8 Å². The molecule has 0 saturated carbocycles. The van der Waals surface area contributed by atoms with Gasteiger partial charge >= 0.3 is 6.18 Å². The fourth-order valence-electron chi connectivity index (χ4n) is 3.25. The van der Waals surface area contributed by atoms with Crippen molar-refractivity contribution in [3.05, 3.63) is 35.0 Å². The van der Waals surface area contributed by atoms with Crippen LogP contribution in [0.4, 0.5) is 13.2 Å². The van der Waals surface area contributed by atoms with Gasteiger partial charge in [-0.2, -0.15) is 18.3 Å².